The van der Waals surface area contributed by atoms with Crippen molar-refractivity contribution in [3.05, 3.63) is 36.0 Å². The number of thioether (sulfide) groups is 1. The number of hydrogen-bond acceptors (Lipinski definition) is 10. The van der Waals surface area contributed by atoms with Crippen molar-refractivity contribution in [2.75, 3.05) is 18.5 Å². The summed E-state index contributed by atoms with van der Waals surface area (Å²) in [4.78, 5) is 23.7. The van der Waals surface area contributed by atoms with Gasteiger partial charge in [0.2, 0.25) is 0 Å². The molecule has 4 rings (SSSR count). The van der Waals surface area contributed by atoms with Crippen molar-refractivity contribution in [2.45, 2.75) is 56.0 Å². The number of aryl methyl sites for hydroxylation is 1. The molecule has 3 N–H and O–H groups in total. The highest BCUT2D eigenvalue weighted by atomic mass is 32.2. The van der Waals surface area contributed by atoms with Crippen LogP contribution < -0.4 is 10.6 Å². The number of thiazole rings is 1. The highest BCUT2D eigenvalue weighted by molar-refractivity contribution is 7.99. The van der Waals surface area contributed by atoms with Gasteiger partial charge >= 0.3 is 0 Å². The highest BCUT2D eigenvalue weighted by Crippen LogP contribution is 2.34. The van der Waals surface area contributed by atoms with Crippen LogP contribution in [0, 0.1) is 6.92 Å². The molecule has 0 spiro atoms. The van der Waals surface area contributed by atoms with Gasteiger partial charge in [-0.1, -0.05) is 42.4 Å². The SMILES string of the molecule is Cc1cc(-c2cnc(Nc3cnc(CNCCO)cn3)s2)nc(SC2CCCCC2)n1. The number of rotatable bonds is 9. The van der Waals surface area contributed by atoms with Gasteiger partial charge in [0.25, 0.3) is 0 Å². The summed E-state index contributed by atoms with van der Waals surface area (Å²) in [6.07, 6.45) is 11.7. The minimum atomic E-state index is 0.103. The molecule has 0 amide bonds. The van der Waals surface area contributed by atoms with Crippen LogP contribution in [0.15, 0.2) is 29.8 Å². The van der Waals surface area contributed by atoms with Crippen molar-refractivity contribution in [1.29, 1.82) is 0 Å². The number of anilines is 2. The third-order valence-corrected chi connectivity index (χ3v) is 7.08. The zero-order chi connectivity index (χ0) is 21.5. The maximum atomic E-state index is 8.82. The summed E-state index contributed by atoms with van der Waals surface area (Å²) in [5, 5.41) is 17.3. The van der Waals surface area contributed by atoms with E-state index in [1.807, 2.05) is 30.9 Å². The molecule has 0 unspecified atom stereocenters. The Morgan fingerprint density at radius 2 is 1.97 bits per heavy atom. The molecule has 0 aliphatic heterocycles. The Balaban J connectivity index is 1.41. The number of aromatic nitrogens is 5. The van der Waals surface area contributed by atoms with E-state index in [4.69, 9.17) is 10.1 Å². The number of nitrogens with one attached hydrogen (secondary N) is 2. The van der Waals surface area contributed by atoms with Crippen LogP contribution in [0.2, 0.25) is 0 Å². The molecular formula is C21H27N7OS2. The fraction of sp³-hybridized carbons (Fsp3) is 0.476. The molecule has 0 atom stereocenters. The molecule has 3 aromatic rings. The second kappa shape index (κ2) is 10.9. The van der Waals surface area contributed by atoms with E-state index >= 15 is 0 Å². The van der Waals surface area contributed by atoms with Crippen LogP contribution in [0.4, 0.5) is 10.9 Å². The van der Waals surface area contributed by atoms with Crippen molar-refractivity contribution in [1.82, 2.24) is 30.2 Å². The van der Waals surface area contributed by atoms with Crippen LogP contribution in [-0.2, 0) is 6.54 Å². The third-order valence-electron chi connectivity index (χ3n) is 4.95. The third kappa shape index (κ3) is 6.42. The maximum absolute atomic E-state index is 8.82. The molecule has 0 bridgehead atoms. The lowest BCUT2D eigenvalue weighted by Gasteiger charge is -2.20. The van der Waals surface area contributed by atoms with Crippen LogP contribution in [0.5, 0.6) is 0 Å². The van der Waals surface area contributed by atoms with Crippen molar-refractivity contribution in [3.8, 4) is 10.6 Å². The van der Waals surface area contributed by atoms with Gasteiger partial charge in [-0.15, -0.1) is 0 Å². The van der Waals surface area contributed by atoms with Gasteiger partial charge in [-0.2, -0.15) is 0 Å². The predicted molar refractivity (Wildman–Crippen MR) is 125 cm³/mol. The van der Waals surface area contributed by atoms with E-state index in [0.717, 1.165) is 32.2 Å². The first-order valence-corrected chi connectivity index (χ1v) is 12.3. The lowest BCUT2D eigenvalue weighted by molar-refractivity contribution is 0.291. The quantitative estimate of drug-likeness (QED) is 0.325. The summed E-state index contributed by atoms with van der Waals surface area (Å²) in [6, 6.07) is 2.01. The Hall–Kier alpha value is -2.14. The molecule has 10 heteroatoms. The fourth-order valence-electron chi connectivity index (χ4n) is 3.42. The first-order valence-electron chi connectivity index (χ1n) is 10.6. The van der Waals surface area contributed by atoms with E-state index in [-0.39, 0.29) is 6.61 Å². The van der Waals surface area contributed by atoms with E-state index in [1.54, 1.807) is 12.4 Å². The van der Waals surface area contributed by atoms with E-state index in [2.05, 4.69) is 30.6 Å². The summed E-state index contributed by atoms with van der Waals surface area (Å²) >= 11 is 3.35. The first-order chi connectivity index (χ1) is 15.2. The first kappa shape index (κ1) is 22.1. The van der Waals surface area contributed by atoms with Crippen LogP contribution in [0.25, 0.3) is 10.6 Å². The topological polar surface area (TPSA) is 109 Å². The summed E-state index contributed by atoms with van der Waals surface area (Å²) in [7, 11) is 0. The van der Waals surface area contributed by atoms with Gasteiger partial charge in [0, 0.05) is 30.2 Å². The largest absolute Gasteiger partial charge is 0.395 e. The molecule has 1 aliphatic rings. The number of hydrogen-bond donors (Lipinski definition) is 3. The molecule has 3 aromatic heterocycles. The lowest BCUT2D eigenvalue weighted by Crippen LogP contribution is -2.18. The summed E-state index contributed by atoms with van der Waals surface area (Å²) < 4.78 is 0. The van der Waals surface area contributed by atoms with Crippen LogP contribution in [-0.4, -0.2) is 48.4 Å². The highest BCUT2D eigenvalue weighted by Gasteiger charge is 2.17. The Labute approximate surface area is 190 Å². The zero-order valence-electron chi connectivity index (χ0n) is 17.5. The summed E-state index contributed by atoms with van der Waals surface area (Å²) in [5.74, 6) is 0.638. The van der Waals surface area contributed by atoms with E-state index in [0.29, 0.717) is 24.2 Å². The van der Waals surface area contributed by atoms with Gasteiger partial charge in [0.15, 0.2) is 16.1 Å². The monoisotopic (exact) mass is 457 g/mol. The van der Waals surface area contributed by atoms with Crippen LogP contribution >= 0.6 is 23.1 Å². The predicted octanol–water partition coefficient (Wildman–Crippen LogP) is 3.95. The average Bonchev–Trinajstić information content (AvgIpc) is 3.24. The van der Waals surface area contributed by atoms with Gasteiger partial charge in [0.05, 0.1) is 35.3 Å². The molecule has 3 heterocycles. The summed E-state index contributed by atoms with van der Waals surface area (Å²) in [5.41, 5.74) is 2.70. The molecular weight excluding hydrogens is 430 g/mol. The molecule has 0 radical (unpaired) electrons. The molecule has 31 heavy (non-hydrogen) atoms. The van der Waals surface area contributed by atoms with Gasteiger partial charge in [-0.25, -0.2) is 19.9 Å². The fourth-order valence-corrected chi connectivity index (χ4v) is 5.42. The van der Waals surface area contributed by atoms with Gasteiger partial charge in [-0.05, 0) is 25.8 Å². The molecule has 1 saturated carbocycles. The van der Waals surface area contributed by atoms with Crippen LogP contribution in [0.1, 0.15) is 43.5 Å². The Kier molecular flexibility index (Phi) is 7.79. The van der Waals surface area contributed by atoms with Gasteiger partial charge < -0.3 is 15.7 Å². The second-order valence-corrected chi connectivity index (χ2v) is 9.80. The average molecular weight is 458 g/mol. The number of aliphatic hydroxyl groups excluding tert-OH is 1. The molecule has 164 valence electrons. The van der Waals surface area contributed by atoms with Crippen molar-refractivity contribution < 1.29 is 5.11 Å². The standard InChI is InChI=1S/C21H27N7OS2/c1-14-9-17(27-21(26-14)30-16-5-3-2-4-6-16)18-12-25-20(31-18)28-19-13-23-15(11-24-19)10-22-7-8-29/h9,11-13,16,22,29H,2-8,10H2,1H3,(H,24,25,28). The summed E-state index contributed by atoms with van der Waals surface area (Å²) in [6.45, 7) is 3.23. The van der Waals surface area contributed by atoms with Crippen molar-refractivity contribution >= 4 is 34.0 Å². The van der Waals surface area contributed by atoms with E-state index < -0.39 is 0 Å². The second-order valence-electron chi connectivity index (χ2n) is 7.50. The van der Waals surface area contributed by atoms with Crippen molar-refractivity contribution in [2.24, 2.45) is 0 Å². The van der Waals surface area contributed by atoms with Gasteiger partial charge in [0.1, 0.15) is 0 Å². The van der Waals surface area contributed by atoms with E-state index in [1.165, 1.54) is 43.4 Å². The Morgan fingerprint density at radius 3 is 2.74 bits per heavy atom. The van der Waals surface area contributed by atoms with E-state index in [9.17, 15) is 0 Å². The smallest absolute Gasteiger partial charge is 0.188 e. The maximum Gasteiger partial charge on any atom is 0.188 e. The molecule has 0 saturated heterocycles. The number of aliphatic hydroxyl groups is 1. The zero-order valence-corrected chi connectivity index (χ0v) is 19.2. The minimum Gasteiger partial charge on any atom is -0.395 e. The Bertz CT molecular complexity index is 974. The molecule has 1 aliphatic carbocycles. The number of nitrogens with zero attached hydrogens (tertiary/aromatic N) is 5. The lowest BCUT2D eigenvalue weighted by atomic mass is 10.0. The Morgan fingerprint density at radius 1 is 1.10 bits per heavy atom. The van der Waals surface area contributed by atoms with Crippen LogP contribution in [0.3, 0.4) is 0 Å². The molecule has 8 nitrogen and oxygen atoms in total. The molecule has 0 aromatic carbocycles. The minimum absolute atomic E-state index is 0.103. The normalized spacial score (nSPS) is 14.6. The molecule has 1 fully saturated rings. The van der Waals surface area contributed by atoms with Crippen molar-refractivity contribution in [3.63, 3.8) is 0 Å². The van der Waals surface area contributed by atoms with Gasteiger partial charge in [-0.3, -0.25) is 4.98 Å².